The van der Waals surface area contributed by atoms with Gasteiger partial charge in [-0.25, -0.2) is 18.1 Å². The molecule has 1 amide bonds. The molecule has 20 heavy (non-hydrogen) atoms. The SMILES string of the molecule is CNc1cccnc1S(=O)(=O)NCC(=O)NCCOC. The average molecular weight is 302 g/mol. The Balaban J connectivity index is 2.64. The summed E-state index contributed by atoms with van der Waals surface area (Å²) in [6, 6.07) is 3.20. The highest BCUT2D eigenvalue weighted by Crippen LogP contribution is 2.16. The molecule has 8 nitrogen and oxygen atoms in total. The van der Waals surface area contributed by atoms with Crippen molar-refractivity contribution in [1.29, 1.82) is 0 Å². The van der Waals surface area contributed by atoms with E-state index in [0.29, 0.717) is 18.8 Å². The molecule has 1 heterocycles. The van der Waals surface area contributed by atoms with Crippen LogP contribution in [0.5, 0.6) is 0 Å². The Hall–Kier alpha value is -1.71. The number of hydrogen-bond acceptors (Lipinski definition) is 6. The van der Waals surface area contributed by atoms with E-state index in [9.17, 15) is 13.2 Å². The Bertz CT molecular complexity index is 547. The van der Waals surface area contributed by atoms with Crippen LogP contribution in [0.4, 0.5) is 5.69 Å². The minimum Gasteiger partial charge on any atom is -0.386 e. The van der Waals surface area contributed by atoms with Crippen molar-refractivity contribution in [2.75, 3.05) is 39.2 Å². The number of hydrogen-bond donors (Lipinski definition) is 3. The summed E-state index contributed by atoms with van der Waals surface area (Å²) in [5, 5.41) is 5.10. The zero-order valence-electron chi connectivity index (χ0n) is 11.3. The topological polar surface area (TPSA) is 109 Å². The van der Waals surface area contributed by atoms with Gasteiger partial charge in [-0.05, 0) is 12.1 Å². The quantitative estimate of drug-likeness (QED) is 0.540. The molecule has 0 fully saturated rings. The van der Waals surface area contributed by atoms with Gasteiger partial charge in [-0.15, -0.1) is 0 Å². The summed E-state index contributed by atoms with van der Waals surface area (Å²) in [5.41, 5.74) is 0.361. The van der Waals surface area contributed by atoms with Gasteiger partial charge in [0, 0.05) is 26.9 Å². The Morgan fingerprint density at radius 1 is 1.45 bits per heavy atom. The first-order chi connectivity index (χ1) is 9.51. The first-order valence-electron chi connectivity index (χ1n) is 5.89. The van der Waals surface area contributed by atoms with E-state index in [4.69, 9.17) is 4.74 Å². The van der Waals surface area contributed by atoms with E-state index >= 15 is 0 Å². The Morgan fingerprint density at radius 2 is 2.20 bits per heavy atom. The lowest BCUT2D eigenvalue weighted by Crippen LogP contribution is -2.38. The highest BCUT2D eigenvalue weighted by Gasteiger charge is 2.20. The predicted octanol–water partition coefficient (Wildman–Crippen LogP) is -0.836. The fraction of sp³-hybridized carbons (Fsp3) is 0.455. The van der Waals surface area contributed by atoms with Crippen LogP contribution in [0.15, 0.2) is 23.4 Å². The highest BCUT2D eigenvalue weighted by molar-refractivity contribution is 7.89. The van der Waals surface area contributed by atoms with Gasteiger partial charge in [0.25, 0.3) is 10.0 Å². The zero-order valence-corrected chi connectivity index (χ0v) is 12.2. The highest BCUT2D eigenvalue weighted by atomic mass is 32.2. The van der Waals surface area contributed by atoms with Crippen LogP contribution < -0.4 is 15.4 Å². The van der Waals surface area contributed by atoms with Gasteiger partial charge in [0.1, 0.15) is 0 Å². The fourth-order valence-electron chi connectivity index (χ4n) is 1.38. The molecular weight excluding hydrogens is 284 g/mol. The molecule has 0 radical (unpaired) electrons. The molecular formula is C11H18N4O4S. The molecule has 0 aliphatic carbocycles. The molecule has 0 saturated carbocycles. The van der Waals surface area contributed by atoms with Crippen molar-refractivity contribution in [3.63, 3.8) is 0 Å². The standard InChI is InChI=1S/C11H18N4O4S/c1-12-9-4-3-5-14-11(9)20(17,18)15-8-10(16)13-6-7-19-2/h3-5,12,15H,6-8H2,1-2H3,(H,13,16). The van der Waals surface area contributed by atoms with Crippen LogP contribution >= 0.6 is 0 Å². The van der Waals surface area contributed by atoms with Crippen LogP contribution in [0.1, 0.15) is 0 Å². The number of ether oxygens (including phenoxy) is 1. The van der Waals surface area contributed by atoms with Gasteiger partial charge < -0.3 is 15.4 Å². The van der Waals surface area contributed by atoms with Crippen molar-refractivity contribution >= 4 is 21.6 Å². The smallest absolute Gasteiger partial charge is 0.260 e. The third kappa shape index (κ3) is 4.76. The Labute approximate surface area is 118 Å². The van der Waals surface area contributed by atoms with Gasteiger partial charge in [-0.3, -0.25) is 4.79 Å². The normalized spacial score (nSPS) is 11.1. The van der Waals surface area contributed by atoms with E-state index in [0.717, 1.165) is 0 Å². The largest absolute Gasteiger partial charge is 0.386 e. The van der Waals surface area contributed by atoms with Crippen molar-refractivity contribution in [2.24, 2.45) is 0 Å². The zero-order chi connectivity index (χ0) is 15.0. The number of sulfonamides is 1. The molecule has 1 aromatic heterocycles. The average Bonchev–Trinajstić information content (AvgIpc) is 2.45. The second-order valence-electron chi connectivity index (χ2n) is 3.77. The maximum atomic E-state index is 12.0. The molecule has 112 valence electrons. The summed E-state index contributed by atoms with van der Waals surface area (Å²) >= 11 is 0. The molecule has 0 atom stereocenters. The summed E-state index contributed by atoms with van der Waals surface area (Å²) in [4.78, 5) is 15.2. The van der Waals surface area contributed by atoms with Crippen molar-refractivity contribution in [3.8, 4) is 0 Å². The van der Waals surface area contributed by atoms with Gasteiger partial charge in [0.2, 0.25) is 5.91 Å². The lowest BCUT2D eigenvalue weighted by atomic mass is 10.4. The minimum absolute atomic E-state index is 0.146. The molecule has 0 saturated heterocycles. The fourth-order valence-corrected chi connectivity index (χ4v) is 2.50. The van der Waals surface area contributed by atoms with Gasteiger partial charge in [0.05, 0.1) is 18.8 Å². The summed E-state index contributed by atoms with van der Waals surface area (Å²) in [7, 11) is -0.744. The molecule has 0 bridgehead atoms. The van der Waals surface area contributed by atoms with Crippen molar-refractivity contribution in [1.82, 2.24) is 15.0 Å². The maximum absolute atomic E-state index is 12.0. The number of rotatable bonds is 8. The van der Waals surface area contributed by atoms with Crippen LogP contribution in [-0.2, 0) is 19.6 Å². The van der Waals surface area contributed by atoms with E-state index in [1.165, 1.54) is 13.3 Å². The lowest BCUT2D eigenvalue weighted by Gasteiger charge is -2.10. The van der Waals surface area contributed by atoms with Crippen LogP contribution in [0.3, 0.4) is 0 Å². The van der Waals surface area contributed by atoms with Crippen molar-refractivity contribution in [3.05, 3.63) is 18.3 Å². The second-order valence-corrected chi connectivity index (χ2v) is 5.46. The second kappa shape index (κ2) is 7.78. The molecule has 9 heteroatoms. The van der Waals surface area contributed by atoms with E-state index in [1.807, 2.05) is 0 Å². The molecule has 0 aliphatic heterocycles. The van der Waals surface area contributed by atoms with E-state index in [-0.39, 0.29) is 11.6 Å². The third-order valence-electron chi connectivity index (χ3n) is 2.35. The van der Waals surface area contributed by atoms with E-state index < -0.39 is 15.9 Å². The number of aromatic nitrogens is 1. The number of methoxy groups -OCH3 is 1. The lowest BCUT2D eigenvalue weighted by molar-refractivity contribution is -0.120. The van der Waals surface area contributed by atoms with E-state index in [1.54, 1.807) is 19.2 Å². The summed E-state index contributed by atoms with van der Waals surface area (Å²) in [6.45, 7) is 0.330. The summed E-state index contributed by atoms with van der Waals surface area (Å²) < 4.78 is 31.0. The Kier molecular flexibility index (Phi) is 6.36. The monoisotopic (exact) mass is 302 g/mol. The van der Waals surface area contributed by atoms with Gasteiger partial charge in [-0.2, -0.15) is 0 Å². The van der Waals surface area contributed by atoms with Crippen molar-refractivity contribution in [2.45, 2.75) is 5.03 Å². The summed E-state index contributed by atoms with van der Waals surface area (Å²) in [6.07, 6.45) is 1.37. The molecule has 0 aromatic carbocycles. The number of pyridine rings is 1. The number of amides is 1. The van der Waals surface area contributed by atoms with Crippen LogP contribution in [0.25, 0.3) is 0 Å². The van der Waals surface area contributed by atoms with Crippen LogP contribution in [0, 0.1) is 0 Å². The molecule has 0 unspecified atom stereocenters. The number of nitrogens with zero attached hydrogens (tertiary/aromatic N) is 1. The van der Waals surface area contributed by atoms with Gasteiger partial charge in [0.15, 0.2) is 5.03 Å². The minimum atomic E-state index is -3.84. The molecule has 3 N–H and O–H groups in total. The van der Waals surface area contributed by atoms with Crippen LogP contribution in [-0.4, -0.2) is 53.2 Å². The summed E-state index contributed by atoms with van der Waals surface area (Å²) in [5.74, 6) is -0.437. The predicted molar refractivity (Wildman–Crippen MR) is 73.9 cm³/mol. The maximum Gasteiger partial charge on any atom is 0.260 e. The molecule has 0 spiro atoms. The first-order valence-corrected chi connectivity index (χ1v) is 7.37. The van der Waals surface area contributed by atoms with Crippen LogP contribution in [0.2, 0.25) is 0 Å². The number of nitrogens with one attached hydrogen (secondary N) is 3. The van der Waals surface area contributed by atoms with Gasteiger partial charge >= 0.3 is 0 Å². The molecule has 0 aliphatic rings. The van der Waals surface area contributed by atoms with Gasteiger partial charge in [-0.1, -0.05) is 0 Å². The van der Waals surface area contributed by atoms with Crippen molar-refractivity contribution < 1.29 is 17.9 Å². The third-order valence-corrected chi connectivity index (χ3v) is 3.70. The number of carbonyl (C=O) groups excluding carboxylic acids is 1. The molecule has 1 aromatic rings. The Morgan fingerprint density at radius 3 is 2.85 bits per heavy atom. The first kappa shape index (κ1) is 16.3. The molecule has 1 rings (SSSR count). The van der Waals surface area contributed by atoms with E-state index in [2.05, 4.69) is 20.3 Å². The number of anilines is 1. The number of carbonyl (C=O) groups is 1.